The second kappa shape index (κ2) is 5.85. The molecule has 0 fully saturated rings. The zero-order chi connectivity index (χ0) is 13.8. The Labute approximate surface area is 113 Å². The molecule has 1 unspecified atom stereocenters. The van der Waals surface area contributed by atoms with E-state index < -0.39 is 0 Å². The first-order valence-electron chi connectivity index (χ1n) is 6.23. The van der Waals surface area contributed by atoms with Crippen LogP contribution >= 0.6 is 0 Å². The molecule has 2 aromatic carbocycles. The maximum absolute atomic E-state index is 13.3. The zero-order valence-electron chi connectivity index (χ0n) is 11.4. The van der Waals surface area contributed by atoms with Crippen LogP contribution in [-0.4, -0.2) is 14.2 Å². The quantitative estimate of drug-likeness (QED) is 0.908. The lowest BCUT2D eigenvalue weighted by Gasteiger charge is -2.18. The summed E-state index contributed by atoms with van der Waals surface area (Å²) in [7, 11) is 3.54. The Morgan fingerprint density at radius 3 is 2.47 bits per heavy atom. The van der Waals surface area contributed by atoms with Crippen LogP contribution in [-0.2, 0) is 0 Å². The van der Waals surface area contributed by atoms with Crippen molar-refractivity contribution in [1.82, 2.24) is 5.32 Å². The Morgan fingerprint density at radius 1 is 1.11 bits per heavy atom. The lowest BCUT2D eigenvalue weighted by Crippen LogP contribution is -2.17. The van der Waals surface area contributed by atoms with Gasteiger partial charge in [0.1, 0.15) is 11.6 Å². The maximum atomic E-state index is 13.3. The summed E-state index contributed by atoms with van der Waals surface area (Å²) in [5.74, 6) is 0.640. The number of benzene rings is 2. The Kier molecular flexibility index (Phi) is 4.17. The van der Waals surface area contributed by atoms with Gasteiger partial charge in [0.25, 0.3) is 0 Å². The summed E-state index contributed by atoms with van der Waals surface area (Å²) < 4.78 is 18.6. The third-order valence-electron chi connectivity index (χ3n) is 3.23. The molecule has 0 aliphatic heterocycles. The smallest absolute Gasteiger partial charge is 0.126 e. The van der Waals surface area contributed by atoms with Crippen LogP contribution in [0.2, 0.25) is 0 Å². The average molecular weight is 259 g/mol. The molecule has 0 aliphatic carbocycles. The number of aryl methyl sites for hydroxylation is 1. The monoisotopic (exact) mass is 259 g/mol. The van der Waals surface area contributed by atoms with Gasteiger partial charge in [-0.25, -0.2) is 4.39 Å². The van der Waals surface area contributed by atoms with E-state index in [1.807, 2.05) is 43.4 Å². The number of halogens is 1. The fourth-order valence-corrected chi connectivity index (χ4v) is 2.19. The second-order valence-electron chi connectivity index (χ2n) is 4.51. The molecule has 1 N–H and O–H groups in total. The molecule has 0 heterocycles. The maximum Gasteiger partial charge on any atom is 0.126 e. The summed E-state index contributed by atoms with van der Waals surface area (Å²) in [6.45, 7) is 1.77. The fourth-order valence-electron chi connectivity index (χ4n) is 2.19. The SMILES string of the molecule is CNC(c1cccc(OC)c1)c1ccc(F)c(C)c1. The van der Waals surface area contributed by atoms with Crippen molar-refractivity contribution < 1.29 is 9.13 Å². The van der Waals surface area contributed by atoms with E-state index in [1.165, 1.54) is 6.07 Å². The topological polar surface area (TPSA) is 21.3 Å². The summed E-state index contributed by atoms with van der Waals surface area (Å²) in [6, 6.07) is 13.1. The van der Waals surface area contributed by atoms with Gasteiger partial charge in [-0.3, -0.25) is 0 Å². The molecule has 3 heteroatoms. The lowest BCUT2D eigenvalue weighted by molar-refractivity contribution is 0.414. The molecule has 0 saturated heterocycles. The number of nitrogens with one attached hydrogen (secondary N) is 1. The largest absolute Gasteiger partial charge is 0.497 e. The van der Waals surface area contributed by atoms with Crippen molar-refractivity contribution in [2.45, 2.75) is 13.0 Å². The fraction of sp³-hybridized carbons (Fsp3) is 0.250. The molecule has 1 atom stereocenters. The highest BCUT2D eigenvalue weighted by atomic mass is 19.1. The van der Waals surface area contributed by atoms with E-state index in [0.717, 1.165) is 16.9 Å². The van der Waals surface area contributed by atoms with Gasteiger partial charge >= 0.3 is 0 Å². The van der Waals surface area contributed by atoms with Crippen molar-refractivity contribution in [3.8, 4) is 5.75 Å². The molecule has 0 spiro atoms. The minimum atomic E-state index is -0.177. The van der Waals surface area contributed by atoms with Gasteiger partial charge in [-0.05, 0) is 48.9 Å². The van der Waals surface area contributed by atoms with Crippen LogP contribution in [0.1, 0.15) is 22.7 Å². The molecule has 0 saturated carbocycles. The van der Waals surface area contributed by atoms with E-state index in [-0.39, 0.29) is 11.9 Å². The van der Waals surface area contributed by atoms with Crippen LogP contribution in [0.3, 0.4) is 0 Å². The molecule has 2 rings (SSSR count). The summed E-state index contributed by atoms with van der Waals surface area (Å²) in [5, 5.41) is 3.25. The number of rotatable bonds is 4. The molecule has 2 aromatic rings. The van der Waals surface area contributed by atoms with E-state index in [4.69, 9.17) is 4.74 Å². The Morgan fingerprint density at radius 2 is 1.84 bits per heavy atom. The van der Waals surface area contributed by atoms with Crippen LogP contribution in [0.5, 0.6) is 5.75 Å². The second-order valence-corrected chi connectivity index (χ2v) is 4.51. The molecular formula is C16H18FNO. The van der Waals surface area contributed by atoms with E-state index in [9.17, 15) is 4.39 Å². The Hall–Kier alpha value is -1.87. The molecule has 0 aromatic heterocycles. The van der Waals surface area contributed by atoms with E-state index in [0.29, 0.717) is 5.56 Å². The van der Waals surface area contributed by atoms with Gasteiger partial charge in [0.2, 0.25) is 0 Å². The third kappa shape index (κ3) is 2.93. The molecule has 2 nitrogen and oxygen atoms in total. The Bertz CT molecular complexity index is 568. The predicted molar refractivity (Wildman–Crippen MR) is 75.0 cm³/mol. The minimum Gasteiger partial charge on any atom is -0.497 e. The van der Waals surface area contributed by atoms with Gasteiger partial charge in [0.05, 0.1) is 13.2 Å². The van der Waals surface area contributed by atoms with E-state index in [1.54, 1.807) is 14.0 Å². The van der Waals surface area contributed by atoms with Crippen molar-refractivity contribution in [3.05, 3.63) is 65.0 Å². The van der Waals surface area contributed by atoms with E-state index >= 15 is 0 Å². The number of methoxy groups -OCH3 is 1. The molecule has 0 amide bonds. The molecule has 0 bridgehead atoms. The summed E-state index contributed by atoms with van der Waals surface area (Å²) >= 11 is 0. The van der Waals surface area contributed by atoms with Crippen LogP contribution in [0.25, 0.3) is 0 Å². The van der Waals surface area contributed by atoms with Crippen LogP contribution in [0, 0.1) is 12.7 Å². The Balaban J connectivity index is 2.40. The van der Waals surface area contributed by atoms with E-state index in [2.05, 4.69) is 5.32 Å². The number of ether oxygens (including phenoxy) is 1. The van der Waals surface area contributed by atoms with Crippen molar-refractivity contribution in [3.63, 3.8) is 0 Å². The minimum absolute atomic E-state index is 0.0226. The molecule has 0 aliphatic rings. The van der Waals surface area contributed by atoms with Crippen molar-refractivity contribution in [1.29, 1.82) is 0 Å². The van der Waals surface area contributed by atoms with Crippen LogP contribution < -0.4 is 10.1 Å². The van der Waals surface area contributed by atoms with Gasteiger partial charge in [-0.1, -0.05) is 24.3 Å². The number of hydrogen-bond donors (Lipinski definition) is 1. The van der Waals surface area contributed by atoms with Gasteiger partial charge in [-0.15, -0.1) is 0 Å². The highest BCUT2D eigenvalue weighted by Crippen LogP contribution is 2.26. The van der Waals surface area contributed by atoms with Crippen molar-refractivity contribution >= 4 is 0 Å². The van der Waals surface area contributed by atoms with Crippen molar-refractivity contribution in [2.24, 2.45) is 0 Å². The van der Waals surface area contributed by atoms with Gasteiger partial charge in [-0.2, -0.15) is 0 Å². The van der Waals surface area contributed by atoms with Crippen LogP contribution in [0.15, 0.2) is 42.5 Å². The molecule has 0 radical (unpaired) electrons. The highest BCUT2D eigenvalue weighted by Gasteiger charge is 2.13. The summed E-state index contributed by atoms with van der Waals surface area (Å²) in [6.07, 6.45) is 0. The first kappa shape index (κ1) is 13.6. The standard InChI is InChI=1S/C16H18FNO/c1-11-9-13(7-8-15(11)17)16(18-2)12-5-4-6-14(10-12)19-3/h4-10,16,18H,1-3H3. The zero-order valence-corrected chi connectivity index (χ0v) is 11.4. The molecule has 100 valence electrons. The predicted octanol–water partition coefficient (Wildman–Crippen LogP) is 3.45. The normalized spacial score (nSPS) is 12.2. The van der Waals surface area contributed by atoms with Crippen LogP contribution in [0.4, 0.5) is 4.39 Å². The third-order valence-corrected chi connectivity index (χ3v) is 3.23. The summed E-state index contributed by atoms with van der Waals surface area (Å²) in [5.41, 5.74) is 2.78. The lowest BCUT2D eigenvalue weighted by atomic mass is 9.97. The summed E-state index contributed by atoms with van der Waals surface area (Å²) in [4.78, 5) is 0. The first-order chi connectivity index (χ1) is 9.15. The van der Waals surface area contributed by atoms with Gasteiger partial charge in [0, 0.05) is 0 Å². The first-order valence-corrected chi connectivity index (χ1v) is 6.23. The highest BCUT2D eigenvalue weighted by molar-refractivity contribution is 5.38. The van der Waals surface area contributed by atoms with Gasteiger partial charge < -0.3 is 10.1 Å². The molecular weight excluding hydrogens is 241 g/mol. The van der Waals surface area contributed by atoms with Crippen molar-refractivity contribution in [2.75, 3.05) is 14.2 Å². The number of hydrogen-bond acceptors (Lipinski definition) is 2. The molecule has 19 heavy (non-hydrogen) atoms. The van der Waals surface area contributed by atoms with Gasteiger partial charge in [0.15, 0.2) is 0 Å². The average Bonchev–Trinajstić information content (AvgIpc) is 2.44.